The lowest BCUT2D eigenvalue weighted by Crippen LogP contribution is -2.41. The minimum Gasteiger partial charge on any atom is -0.302 e. The molecule has 0 fully saturated rings. The van der Waals surface area contributed by atoms with Gasteiger partial charge in [-0.15, -0.1) is 11.3 Å². The summed E-state index contributed by atoms with van der Waals surface area (Å²) in [6.07, 6.45) is 0. The van der Waals surface area contributed by atoms with E-state index < -0.39 is 20.6 Å². The molecule has 0 aliphatic carbocycles. The van der Waals surface area contributed by atoms with Gasteiger partial charge in [0.15, 0.2) is 4.34 Å². The van der Waals surface area contributed by atoms with Crippen molar-refractivity contribution in [3.63, 3.8) is 0 Å². The maximum Gasteiger partial charge on any atom is 0.300 e. The molecule has 21 heavy (non-hydrogen) atoms. The summed E-state index contributed by atoms with van der Waals surface area (Å²) in [5, 5.41) is 10.7. The maximum absolute atomic E-state index is 12.2. The minimum absolute atomic E-state index is 0.142. The third kappa shape index (κ3) is 4.89. The van der Waals surface area contributed by atoms with Crippen molar-refractivity contribution in [1.29, 1.82) is 0 Å². The monoisotopic (exact) mass is 355 g/mol. The van der Waals surface area contributed by atoms with Gasteiger partial charge in [-0.3, -0.25) is 10.1 Å². The molecule has 0 saturated carbocycles. The molecule has 1 atom stereocenters. The highest BCUT2D eigenvalue weighted by Gasteiger charge is 2.26. The number of rotatable bonds is 8. The van der Waals surface area contributed by atoms with Crippen LogP contribution in [-0.4, -0.2) is 43.9 Å². The average Bonchev–Trinajstić information content (AvgIpc) is 2.78. The van der Waals surface area contributed by atoms with E-state index in [1.807, 2.05) is 13.8 Å². The highest BCUT2D eigenvalue weighted by atomic mass is 35.5. The van der Waals surface area contributed by atoms with E-state index in [-0.39, 0.29) is 14.6 Å². The number of hydrogen-bond donors (Lipinski definition) is 1. The van der Waals surface area contributed by atoms with Crippen LogP contribution in [0.1, 0.15) is 20.8 Å². The molecular weight excluding hydrogens is 338 g/mol. The second kappa shape index (κ2) is 7.50. The first-order valence-corrected chi connectivity index (χ1v) is 9.07. The summed E-state index contributed by atoms with van der Waals surface area (Å²) in [6.45, 7) is 7.94. The zero-order valence-electron chi connectivity index (χ0n) is 12.0. The normalized spacial score (nSPS) is 13.6. The summed E-state index contributed by atoms with van der Waals surface area (Å²) in [4.78, 5) is 12.1. The fourth-order valence-electron chi connectivity index (χ4n) is 1.82. The third-order valence-corrected chi connectivity index (χ3v) is 6.29. The van der Waals surface area contributed by atoms with Crippen LogP contribution in [0.3, 0.4) is 0 Å². The smallest absolute Gasteiger partial charge is 0.300 e. The predicted octanol–water partition coefficient (Wildman–Crippen LogP) is 2.32. The van der Waals surface area contributed by atoms with Gasteiger partial charge in [0.05, 0.1) is 4.92 Å². The molecule has 1 unspecified atom stereocenters. The molecule has 0 radical (unpaired) electrons. The SMILES string of the molecule is CCN(CC)CC(C)NS(=O)(=O)c1cc([N+](=O)[O-])c(Cl)s1. The fraction of sp³-hybridized carbons (Fsp3) is 0.636. The van der Waals surface area contributed by atoms with Crippen molar-refractivity contribution in [2.75, 3.05) is 19.6 Å². The molecule has 0 aromatic carbocycles. The first-order valence-electron chi connectivity index (χ1n) is 6.39. The molecule has 1 rings (SSSR count). The van der Waals surface area contributed by atoms with E-state index in [2.05, 4.69) is 9.62 Å². The second-order valence-electron chi connectivity index (χ2n) is 4.49. The molecule has 0 amide bonds. The summed E-state index contributed by atoms with van der Waals surface area (Å²) < 4.78 is 26.6. The van der Waals surface area contributed by atoms with Crippen molar-refractivity contribution in [3.8, 4) is 0 Å². The van der Waals surface area contributed by atoms with E-state index in [1.54, 1.807) is 6.92 Å². The van der Waals surface area contributed by atoms with Crippen molar-refractivity contribution < 1.29 is 13.3 Å². The van der Waals surface area contributed by atoms with Crippen molar-refractivity contribution in [2.45, 2.75) is 31.0 Å². The lowest BCUT2D eigenvalue weighted by atomic mass is 10.3. The molecule has 0 saturated heterocycles. The van der Waals surface area contributed by atoms with Gasteiger partial charge in [0.2, 0.25) is 0 Å². The summed E-state index contributed by atoms with van der Waals surface area (Å²) in [5.41, 5.74) is -0.390. The third-order valence-electron chi connectivity index (χ3n) is 2.89. The van der Waals surface area contributed by atoms with Gasteiger partial charge in [0.1, 0.15) is 4.21 Å². The summed E-state index contributed by atoms with van der Waals surface area (Å²) >= 11 is 6.37. The van der Waals surface area contributed by atoms with Crippen LogP contribution in [0.25, 0.3) is 0 Å². The van der Waals surface area contributed by atoms with Crippen LogP contribution >= 0.6 is 22.9 Å². The van der Waals surface area contributed by atoms with E-state index in [1.165, 1.54) is 0 Å². The second-order valence-corrected chi connectivity index (χ2v) is 8.08. The van der Waals surface area contributed by atoms with Gasteiger partial charge in [0.25, 0.3) is 15.7 Å². The lowest BCUT2D eigenvalue weighted by molar-refractivity contribution is -0.384. The number of sulfonamides is 1. The Kier molecular flexibility index (Phi) is 6.54. The van der Waals surface area contributed by atoms with Crippen molar-refractivity contribution in [1.82, 2.24) is 9.62 Å². The van der Waals surface area contributed by atoms with Crippen molar-refractivity contribution in [3.05, 3.63) is 20.5 Å². The highest BCUT2D eigenvalue weighted by molar-refractivity contribution is 7.91. The van der Waals surface area contributed by atoms with Crippen LogP contribution in [0, 0.1) is 10.1 Å². The molecular formula is C11H18ClN3O4S2. The molecule has 0 aliphatic heterocycles. The summed E-state index contributed by atoms with van der Waals surface area (Å²) in [6, 6.07) is 0.675. The molecule has 120 valence electrons. The largest absolute Gasteiger partial charge is 0.302 e. The number of nitrogens with one attached hydrogen (secondary N) is 1. The Labute approximate surface area is 133 Å². The molecule has 1 aromatic rings. The quantitative estimate of drug-likeness (QED) is 0.570. The molecule has 0 aliphatic rings. The number of thiophene rings is 1. The molecule has 1 heterocycles. The Hall–Kier alpha value is -0.740. The molecule has 10 heteroatoms. The van der Waals surface area contributed by atoms with Crippen LogP contribution in [0.15, 0.2) is 10.3 Å². The van der Waals surface area contributed by atoms with Gasteiger partial charge >= 0.3 is 0 Å². The first kappa shape index (κ1) is 18.3. The van der Waals surface area contributed by atoms with E-state index >= 15 is 0 Å². The van der Waals surface area contributed by atoms with Crippen LogP contribution in [-0.2, 0) is 10.0 Å². The number of nitro groups is 1. The minimum atomic E-state index is -3.80. The fourth-order valence-corrected chi connectivity index (χ4v) is 4.74. The van der Waals surface area contributed by atoms with Crippen molar-refractivity contribution >= 4 is 38.6 Å². The zero-order chi connectivity index (χ0) is 16.2. The van der Waals surface area contributed by atoms with Crippen molar-refractivity contribution in [2.24, 2.45) is 0 Å². The lowest BCUT2D eigenvalue weighted by Gasteiger charge is -2.22. The Morgan fingerprint density at radius 3 is 2.48 bits per heavy atom. The maximum atomic E-state index is 12.2. The van der Waals surface area contributed by atoms with E-state index in [0.717, 1.165) is 19.2 Å². The number of halogens is 1. The number of likely N-dealkylation sites (N-methyl/N-ethyl adjacent to an activating group) is 1. The summed E-state index contributed by atoms with van der Waals surface area (Å²) in [5.74, 6) is 0. The number of hydrogen-bond acceptors (Lipinski definition) is 6. The molecule has 1 N–H and O–H groups in total. The molecule has 0 bridgehead atoms. The Morgan fingerprint density at radius 2 is 2.05 bits per heavy atom. The van der Waals surface area contributed by atoms with Crippen LogP contribution in [0.2, 0.25) is 4.34 Å². The van der Waals surface area contributed by atoms with E-state index in [9.17, 15) is 18.5 Å². The Morgan fingerprint density at radius 1 is 1.48 bits per heavy atom. The predicted molar refractivity (Wildman–Crippen MR) is 83.6 cm³/mol. The van der Waals surface area contributed by atoms with E-state index in [0.29, 0.717) is 17.9 Å². The first-order chi connectivity index (χ1) is 9.71. The van der Waals surface area contributed by atoms with Gasteiger partial charge in [-0.25, -0.2) is 13.1 Å². The van der Waals surface area contributed by atoms with Gasteiger partial charge < -0.3 is 4.90 Å². The van der Waals surface area contributed by atoms with Crippen LogP contribution in [0.4, 0.5) is 5.69 Å². The van der Waals surface area contributed by atoms with Gasteiger partial charge in [0, 0.05) is 18.7 Å². The Bertz CT molecular complexity index is 599. The Balaban J connectivity index is 2.86. The average molecular weight is 356 g/mol. The highest BCUT2D eigenvalue weighted by Crippen LogP contribution is 2.36. The van der Waals surface area contributed by atoms with E-state index in [4.69, 9.17) is 11.6 Å². The summed E-state index contributed by atoms with van der Waals surface area (Å²) in [7, 11) is -3.80. The van der Waals surface area contributed by atoms with Gasteiger partial charge in [-0.1, -0.05) is 25.4 Å². The van der Waals surface area contributed by atoms with Gasteiger partial charge in [-0.05, 0) is 20.0 Å². The van der Waals surface area contributed by atoms with Crippen LogP contribution in [0.5, 0.6) is 0 Å². The van der Waals surface area contributed by atoms with Crippen LogP contribution < -0.4 is 4.72 Å². The molecule has 0 spiro atoms. The number of nitrogens with zero attached hydrogens (tertiary/aromatic N) is 2. The topological polar surface area (TPSA) is 92.6 Å². The zero-order valence-corrected chi connectivity index (χ0v) is 14.4. The molecule has 1 aromatic heterocycles. The van der Waals surface area contributed by atoms with Gasteiger partial charge in [-0.2, -0.15) is 0 Å². The standard InChI is InChI=1S/C11H18ClN3O4S2/c1-4-14(5-2)7-8(3)13-21(18,19)10-6-9(15(16)17)11(12)20-10/h6,8,13H,4-5,7H2,1-3H3. The molecule has 7 nitrogen and oxygen atoms in total.